The third-order valence-electron chi connectivity index (χ3n) is 1.37. The number of urea groups is 1. The fourth-order valence-electron chi connectivity index (χ4n) is 0.783. The van der Waals surface area contributed by atoms with Crippen LogP contribution in [0.15, 0.2) is 18.6 Å². The number of imide groups is 1. The van der Waals surface area contributed by atoms with E-state index in [-0.39, 0.29) is 5.69 Å². The summed E-state index contributed by atoms with van der Waals surface area (Å²) in [5, 5.41) is 1.74. The fourth-order valence-corrected chi connectivity index (χ4v) is 0.783. The van der Waals surface area contributed by atoms with Crippen LogP contribution in [0, 0.1) is 0 Å². The van der Waals surface area contributed by atoms with E-state index in [9.17, 15) is 14.4 Å². The van der Waals surface area contributed by atoms with Gasteiger partial charge in [0.15, 0.2) is 12.3 Å². The Hall–Kier alpha value is -2.51. The lowest BCUT2D eigenvalue weighted by atomic mass is 10.4. The van der Waals surface area contributed by atoms with E-state index in [1.807, 2.05) is 0 Å². The topological polar surface area (TPSA) is 124 Å². The summed E-state index contributed by atoms with van der Waals surface area (Å²) in [6.07, 6.45) is 3.88. The summed E-state index contributed by atoms with van der Waals surface area (Å²) in [5.74, 6) is -1.63. The molecule has 0 atom stereocenters. The molecule has 0 fully saturated rings. The van der Waals surface area contributed by atoms with E-state index in [1.165, 1.54) is 18.6 Å². The number of amides is 3. The average Bonchev–Trinajstić information content (AvgIpc) is 2.26. The first-order chi connectivity index (χ1) is 7.59. The monoisotopic (exact) mass is 224 g/mol. The van der Waals surface area contributed by atoms with E-state index >= 15 is 0 Å². The van der Waals surface area contributed by atoms with E-state index in [2.05, 4.69) is 20.4 Å². The zero-order chi connectivity index (χ0) is 12.0. The second kappa shape index (κ2) is 5.39. The number of carbonyl (C=O) groups excluding carboxylic acids is 3. The third kappa shape index (κ3) is 3.70. The van der Waals surface area contributed by atoms with Crippen molar-refractivity contribution < 1.29 is 19.1 Å². The van der Waals surface area contributed by atoms with Gasteiger partial charge in [-0.15, -0.1) is 0 Å². The summed E-state index contributed by atoms with van der Waals surface area (Å²) in [6.45, 7) is -0.613. The van der Waals surface area contributed by atoms with Crippen molar-refractivity contribution >= 4 is 17.9 Å². The minimum absolute atomic E-state index is 0.0330. The highest BCUT2D eigenvalue weighted by Gasteiger charge is 2.11. The first-order valence-corrected chi connectivity index (χ1v) is 4.12. The van der Waals surface area contributed by atoms with Gasteiger partial charge in [-0.25, -0.2) is 14.6 Å². The van der Waals surface area contributed by atoms with Crippen LogP contribution in [-0.2, 0) is 9.53 Å². The van der Waals surface area contributed by atoms with Gasteiger partial charge < -0.3 is 10.5 Å². The molecule has 8 heteroatoms. The molecule has 84 valence electrons. The lowest BCUT2D eigenvalue weighted by molar-refractivity contribution is -0.123. The molecule has 0 radical (unpaired) electrons. The van der Waals surface area contributed by atoms with Crippen LogP contribution in [-0.4, -0.2) is 34.5 Å². The van der Waals surface area contributed by atoms with E-state index < -0.39 is 24.5 Å². The predicted molar refractivity (Wildman–Crippen MR) is 50.0 cm³/mol. The Morgan fingerprint density at radius 2 is 2.12 bits per heavy atom. The highest BCUT2D eigenvalue weighted by molar-refractivity contribution is 5.95. The number of aromatic nitrogens is 2. The van der Waals surface area contributed by atoms with Crippen LogP contribution in [0.5, 0.6) is 0 Å². The predicted octanol–water partition coefficient (Wildman–Crippen LogP) is -1.17. The molecule has 0 saturated heterocycles. The van der Waals surface area contributed by atoms with Crippen molar-refractivity contribution in [2.75, 3.05) is 6.61 Å². The maximum absolute atomic E-state index is 11.2. The number of nitrogens with two attached hydrogens (primary N) is 1. The molecule has 16 heavy (non-hydrogen) atoms. The van der Waals surface area contributed by atoms with E-state index in [1.54, 1.807) is 5.32 Å². The van der Waals surface area contributed by atoms with Crippen molar-refractivity contribution in [2.45, 2.75) is 0 Å². The van der Waals surface area contributed by atoms with Crippen LogP contribution in [0.1, 0.15) is 10.5 Å². The van der Waals surface area contributed by atoms with Crippen LogP contribution in [0.25, 0.3) is 0 Å². The van der Waals surface area contributed by atoms with E-state index in [0.717, 1.165) is 0 Å². The fraction of sp³-hybridized carbons (Fsp3) is 0.125. The summed E-state index contributed by atoms with van der Waals surface area (Å²) in [6, 6.07) is -1.01. The Bertz CT molecular complexity index is 406. The third-order valence-corrected chi connectivity index (χ3v) is 1.37. The SMILES string of the molecule is NC(=O)NC(=O)COC(=O)c1cnccn1. The number of ether oxygens (including phenoxy) is 1. The average molecular weight is 224 g/mol. The normalized spacial score (nSPS) is 9.25. The molecule has 0 aliphatic carbocycles. The summed E-state index contributed by atoms with van der Waals surface area (Å²) < 4.78 is 4.53. The number of nitrogens with zero attached hydrogens (tertiary/aromatic N) is 2. The number of primary amides is 1. The number of carbonyl (C=O) groups is 3. The molecular formula is C8H8N4O4. The van der Waals surface area contributed by atoms with Crippen molar-refractivity contribution in [3.05, 3.63) is 24.3 Å². The zero-order valence-electron chi connectivity index (χ0n) is 8.04. The van der Waals surface area contributed by atoms with Gasteiger partial charge in [-0.1, -0.05) is 0 Å². The van der Waals surface area contributed by atoms with Crippen LogP contribution >= 0.6 is 0 Å². The molecule has 3 N–H and O–H groups in total. The Balaban J connectivity index is 2.42. The minimum atomic E-state index is -1.01. The molecule has 0 spiro atoms. The molecule has 1 rings (SSSR count). The van der Waals surface area contributed by atoms with Gasteiger partial charge in [-0.05, 0) is 0 Å². The largest absolute Gasteiger partial charge is 0.451 e. The molecule has 0 aliphatic heterocycles. The zero-order valence-corrected chi connectivity index (χ0v) is 8.04. The number of rotatable bonds is 3. The van der Waals surface area contributed by atoms with Gasteiger partial charge in [-0.3, -0.25) is 15.1 Å². The van der Waals surface area contributed by atoms with Gasteiger partial charge in [0.1, 0.15) is 0 Å². The lowest BCUT2D eigenvalue weighted by Gasteiger charge is -2.02. The van der Waals surface area contributed by atoms with Crippen molar-refractivity contribution in [3.63, 3.8) is 0 Å². The smallest absolute Gasteiger partial charge is 0.359 e. The van der Waals surface area contributed by atoms with Gasteiger partial charge in [0.2, 0.25) is 0 Å². The van der Waals surface area contributed by atoms with E-state index in [4.69, 9.17) is 0 Å². The Labute approximate surface area is 89.8 Å². The Kier molecular flexibility index (Phi) is 3.90. The maximum Gasteiger partial charge on any atom is 0.359 e. The lowest BCUT2D eigenvalue weighted by Crippen LogP contribution is -2.37. The van der Waals surface area contributed by atoms with Crippen molar-refractivity contribution in [2.24, 2.45) is 5.73 Å². The van der Waals surface area contributed by atoms with Crippen LogP contribution in [0.4, 0.5) is 4.79 Å². The molecule has 1 heterocycles. The number of hydrogen-bond acceptors (Lipinski definition) is 6. The molecule has 0 saturated carbocycles. The van der Waals surface area contributed by atoms with Gasteiger partial charge in [-0.2, -0.15) is 0 Å². The number of nitrogens with one attached hydrogen (secondary N) is 1. The Morgan fingerprint density at radius 3 is 2.69 bits per heavy atom. The second-order valence-electron chi connectivity index (χ2n) is 2.58. The van der Waals surface area contributed by atoms with Gasteiger partial charge in [0.25, 0.3) is 5.91 Å². The summed E-state index contributed by atoms with van der Waals surface area (Å²) in [4.78, 5) is 39.6. The molecule has 8 nitrogen and oxygen atoms in total. The summed E-state index contributed by atoms with van der Waals surface area (Å²) in [7, 11) is 0. The van der Waals surface area contributed by atoms with E-state index in [0.29, 0.717) is 0 Å². The van der Waals surface area contributed by atoms with Crippen molar-refractivity contribution in [1.82, 2.24) is 15.3 Å². The molecule has 0 bridgehead atoms. The van der Waals surface area contributed by atoms with Crippen molar-refractivity contribution in [1.29, 1.82) is 0 Å². The summed E-state index contributed by atoms with van der Waals surface area (Å²) >= 11 is 0. The molecule has 0 aromatic carbocycles. The van der Waals surface area contributed by atoms with Crippen molar-refractivity contribution in [3.8, 4) is 0 Å². The minimum Gasteiger partial charge on any atom is -0.451 e. The van der Waals surface area contributed by atoms with Gasteiger partial charge in [0, 0.05) is 12.4 Å². The molecule has 0 aliphatic rings. The maximum atomic E-state index is 11.2. The highest BCUT2D eigenvalue weighted by atomic mass is 16.5. The molecule has 3 amide bonds. The summed E-state index contributed by atoms with van der Waals surface area (Å²) in [5.41, 5.74) is 4.64. The molecule has 0 unspecified atom stereocenters. The van der Waals surface area contributed by atoms with Crippen LogP contribution in [0.3, 0.4) is 0 Å². The van der Waals surface area contributed by atoms with Crippen LogP contribution < -0.4 is 11.1 Å². The van der Waals surface area contributed by atoms with Gasteiger partial charge in [0.05, 0.1) is 6.20 Å². The molecular weight excluding hydrogens is 216 g/mol. The van der Waals surface area contributed by atoms with Crippen LogP contribution in [0.2, 0.25) is 0 Å². The molecule has 1 aromatic heterocycles. The first kappa shape index (κ1) is 11.6. The highest BCUT2D eigenvalue weighted by Crippen LogP contribution is 1.93. The quantitative estimate of drug-likeness (QED) is 0.623. The number of esters is 1. The first-order valence-electron chi connectivity index (χ1n) is 4.12. The number of hydrogen-bond donors (Lipinski definition) is 2. The Morgan fingerprint density at radius 1 is 1.38 bits per heavy atom. The standard InChI is InChI=1S/C8H8N4O4/c9-8(15)12-6(13)4-16-7(14)5-3-10-1-2-11-5/h1-3H,4H2,(H3,9,12,13,15). The molecule has 1 aromatic rings. The van der Waals surface area contributed by atoms with Gasteiger partial charge >= 0.3 is 12.0 Å². The second-order valence-corrected chi connectivity index (χ2v) is 2.58.